The second kappa shape index (κ2) is 3.58. The molecule has 0 fully saturated rings. The summed E-state index contributed by atoms with van der Waals surface area (Å²) < 4.78 is 5.29. The molecule has 0 saturated heterocycles. The predicted molar refractivity (Wildman–Crippen MR) is 62.6 cm³/mol. The Hall–Kier alpha value is -1.84. The summed E-state index contributed by atoms with van der Waals surface area (Å²) in [4.78, 5) is 25.2. The number of anilines is 1. The SMILES string of the molecule is CCCN1C(=O)Cc2cc3c(cc21)C(=O)CO3. The third-order valence-corrected chi connectivity index (χ3v) is 3.22. The van der Waals surface area contributed by atoms with Gasteiger partial charge in [0, 0.05) is 12.2 Å². The van der Waals surface area contributed by atoms with Gasteiger partial charge in [0.2, 0.25) is 11.7 Å². The molecule has 3 rings (SSSR count). The van der Waals surface area contributed by atoms with E-state index in [0.29, 0.717) is 24.3 Å². The molecule has 2 aliphatic heterocycles. The first-order valence-corrected chi connectivity index (χ1v) is 5.84. The van der Waals surface area contributed by atoms with E-state index in [1.165, 1.54) is 0 Å². The van der Waals surface area contributed by atoms with Crippen molar-refractivity contribution in [3.05, 3.63) is 23.3 Å². The van der Waals surface area contributed by atoms with Crippen LogP contribution >= 0.6 is 0 Å². The van der Waals surface area contributed by atoms with Crippen molar-refractivity contribution in [3.8, 4) is 5.75 Å². The Morgan fingerprint density at radius 3 is 2.94 bits per heavy atom. The molecule has 0 saturated carbocycles. The van der Waals surface area contributed by atoms with Crippen molar-refractivity contribution in [3.63, 3.8) is 0 Å². The van der Waals surface area contributed by atoms with Gasteiger partial charge >= 0.3 is 0 Å². The summed E-state index contributed by atoms with van der Waals surface area (Å²) in [7, 11) is 0. The fraction of sp³-hybridized carbons (Fsp3) is 0.385. The molecule has 1 aromatic carbocycles. The van der Waals surface area contributed by atoms with Gasteiger partial charge in [-0.15, -0.1) is 0 Å². The van der Waals surface area contributed by atoms with Crippen LogP contribution in [0.25, 0.3) is 0 Å². The van der Waals surface area contributed by atoms with Crippen LogP contribution in [0.3, 0.4) is 0 Å². The summed E-state index contributed by atoms with van der Waals surface area (Å²) in [5.74, 6) is 0.733. The quantitative estimate of drug-likeness (QED) is 0.776. The first-order valence-electron chi connectivity index (χ1n) is 5.84. The van der Waals surface area contributed by atoms with E-state index in [-0.39, 0.29) is 18.3 Å². The van der Waals surface area contributed by atoms with E-state index in [0.717, 1.165) is 17.7 Å². The molecule has 2 aliphatic rings. The Morgan fingerprint density at radius 1 is 1.35 bits per heavy atom. The second-order valence-corrected chi connectivity index (χ2v) is 4.41. The van der Waals surface area contributed by atoms with Crippen molar-refractivity contribution in [1.82, 2.24) is 0 Å². The van der Waals surface area contributed by atoms with Gasteiger partial charge in [0.25, 0.3) is 0 Å². The number of Topliss-reactive ketones (excluding diaryl/α,β-unsaturated/α-hetero) is 1. The standard InChI is InChI=1S/C13H13NO3/c1-2-3-14-10-6-9-11(15)7-17-12(9)4-8(10)5-13(14)16/h4,6H,2-3,5,7H2,1H3. The Morgan fingerprint density at radius 2 is 2.18 bits per heavy atom. The van der Waals surface area contributed by atoms with Crippen LogP contribution in [0.2, 0.25) is 0 Å². The average Bonchev–Trinajstić information content (AvgIpc) is 2.80. The lowest BCUT2D eigenvalue weighted by atomic mass is 10.1. The predicted octanol–water partition coefficient (Wildman–Crippen LogP) is 1.56. The van der Waals surface area contributed by atoms with Gasteiger partial charge in [-0.05, 0) is 24.1 Å². The highest BCUT2D eigenvalue weighted by Crippen LogP contribution is 2.37. The van der Waals surface area contributed by atoms with Gasteiger partial charge in [0.1, 0.15) is 5.75 Å². The fourth-order valence-corrected chi connectivity index (χ4v) is 2.42. The number of hydrogen-bond donors (Lipinski definition) is 0. The Balaban J connectivity index is 2.08. The van der Waals surface area contributed by atoms with Crippen molar-refractivity contribution in [1.29, 1.82) is 0 Å². The Bertz CT molecular complexity index is 522. The maximum atomic E-state index is 11.8. The van der Waals surface area contributed by atoms with Crippen LogP contribution in [0.15, 0.2) is 12.1 Å². The van der Waals surface area contributed by atoms with Crippen LogP contribution in [0.5, 0.6) is 5.75 Å². The molecule has 0 aliphatic carbocycles. The molecule has 0 radical (unpaired) electrons. The molecule has 0 atom stereocenters. The van der Waals surface area contributed by atoms with E-state index < -0.39 is 0 Å². The van der Waals surface area contributed by atoms with Gasteiger partial charge in [0.05, 0.1) is 12.0 Å². The summed E-state index contributed by atoms with van der Waals surface area (Å²) in [5.41, 5.74) is 2.46. The zero-order chi connectivity index (χ0) is 12.0. The molecule has 0 unspecified atom stereocenters. The minimum atomic E-state index is -0.00130. The maximum Gasteiger partial charge on any atom is 0.231 e. The summed E-state index contributed by atoms with van der Waals surface area (Å²) in [5, 5.41) is 0. The number of carbonyl (C=O) groups is 2. The van der Waals surface area contributed by atoms with Crippen LogP contribution in [0, 0.1) is 0 Å². The molecular weight excluding hydrogens is 218 g/mol. The summed E-state index contributed by atoms with van der Waals surface area (Å²) in [6, 6.07) is 3.64. The van der Waals surface area contributed by atoms with Gasteiger partial charge in [-0.3, -0.25) is 9.59 Å². The minimum Gasteiger partial charge on any atom is -0.485 e. The van der Waals surface area contributed by atoms with Gasteiger partial charge in [0.15, 0.2) is 6.61 Å². The highest BCUT2D eigenvalue weighted by Gasteiger charge is 2.31. The highest BCUT2D eigenvalue weighted by molar-refractivity contribution is 6.07. The van der Waals surface area contributed by atoms with Crippen LogP contribution in [-0.4, -0.2) is 24.8 Å². The Labute approximate surface area is 99.2 Å². The number of ether oxygens (including phenoxy) is 1. The van der Waals surface area contributed by atoms with Crippen molar-refractivity contribution < 1.29 is 14.3 Å². The van der Waals surface area contributed by atoms with E-state index in [4.69, 9.17) is 4.74 Å². The van der Waals surface area contributed by atoms with Crippen molar-refractivity contribution in [2.45, 2.75) is 19.8 Å². The first kappa shape index (κ1) is 10.3. The number of nitrogens with zero attached hydrogens (tertiary/aromatic N) is 1. The molecule has 0 spiro atoms. The molecule has 0 bridgehead atoms. The Kier molecular flexibility index (Phi) is 2.18. The molecule has 4 heteroatoms. The van der Waals surface area contributed by atoms with Gasteiger partial charge in [-0.25, -0.2) is 0 Å². The maximum absolute atomic E-state index is 11.8. The topological polar surface area (TPSA) is 46.6 Å². The zero-order valence-corrected chi connectivity index (χ0v) is 9.66. The van der Waals surface area contributed by atoms with Gasteiger partial charge in [-0.1, -0.05) is 6.92 Å². The molecule has 88 valence electrons. The smallest absolute Gasteiger partial charge is 0.231 e. The molecular formula is C13H13NO3. The number of amides is 1. The normalized spacial score (nSPS) is 17.1. The van der Waals surface area contributed by atoms with E-state index in [2.05, 4.69) is 0 Å². The highest BCUT2D eigenvalue weighted by atomic mass is 16.5. The van der Waals surface area contributed by atoms with E-state index >= 15 is 0 Å². The first-order chi connectivity index (χ1) is 8.20. The molecule has 2 heterocycles. The van der Waals surface area contributed by atoms with Crippen LogP contribution in [0.1, 0.15) is 29.3 Å². The number of ketones is 1. The summed E-state index contributed by atoms with van der Waals surface area (Å²) in [6.45, 7) is 2.87. The fourth-order valence-electron chi connectivity index (χ4n) is 2.42. The lowest BCUT2D eigenvalue weighted by molar-refractivity contribution is -0.117. The second-order valence-electron chi connectivity index (χ2n) is 4.41. The van der Waals surface area contributed by atoms with Gasteiger partial charge < -0.3 is 9.64 Å². The van der Waals surface area contributed by atoms with Crippen LogP contribution in [-0.2, 0) is 11.2 Å². The van der Waals surface area contributed by atoms with Crippen molar-refractivity contribution in [2.75, 3.05) is 18.1 Å². The number of rotatable bonds is 2. The molecule has 0 aromatic heterocycles. The number of fused-ring (bicyclic) bond motifs is 2. The monoisotopic (exact) mass is 231 g/mol. The third kappa shape index (κ3) is 1.44. The summed E-state index contributed by atoms with van der Waals surface area (Å²) in [6.07, 6.45) is 1.33. The average molecular weight is 231 g/mol. The van der Waals surface area contributed by atoms with Crippen LogP contribution < -0.4 is 9.64 Å². The number of benzene rings is 1. The van der Waals surface area contributed by atoms with Crippen molar-refractivity contribution in [2.24, 2.45) is 0 Å². The molecule has 4 nitrogen and oxygen atoms in total. The summed E-state index contributed by atoms with van der Waals surface area (Å²) >= 11 is 0. The van der Waals surface area contributed by atoms with E-state index in [9.17, 15) is 9.59 Å². The lowest BCUT2D eigenvalue weighted by Crippen LogP contribution is -2.27. The zero-order valence-electron chi connectivity index (χ0n) is 9.66. The molecule has 0 N–H and O–H groups in total. The third-order valence-electron chi connectivity index (χ3n) is 3.22. The van der Waals surface area contributed by atoms with E-state index in [1.54, 1.807) is 11.0 Å². The number of carbonyl (C=O) groups excluding carboxylic acids is 2. The minimum absolute atomic E-state index is 0.00130. The largest absolute Gasteiger partial charge is 0.485 e. The van der Waals surface area contributed by atoms with Crippen molar-refractivity contribution >= 4 is 17.4 Å². The molecule has 1 aromatic rings. The number of hydrogen-bond acceptors (Lipinski definition) is 3. The lowest BCUT2D eigenvalue weighted by Gasteiger charge is -2.16. The molecule has 1 amide bonds. The molecule has 17 heavy (non-hydrogen) atoms. The van der Waals surface area contributed by atoms with E-state index in [1.807, 2.05) is 13.0 Å². The van der Waals surface area contributed by atoms with Crippen LogP contribution in [0.4, 0.5) is 5.69 Å². The van der Waals surface area contributed by atoms with Gasteiger partial charge in [-0.2, -0.15) is 0 Å².